The van der Waals surface area contributed by atoms with Crippen LogP contribution in [0.4, 0.5) is 0 Å². The summed E-state index contributed by atoms with van der Waals surface area (Å²) in [5.41, 5.74) is 1.01. The standard InChI is InChI=1S/C16H24N2/c1-4-5-11-15(14-9-7-6-8-10-14)18-13-16(2,3)12-17/h6-10,15,18H,4-5,11,13H2,1-3H3. The van der Waals surface area contributed by atoms with Crippen LogP contribution >= 0.6 is 0 Å². The SMILES string of the molecule is CCCCC(NCC(C)(C)C#N)c1ccccc1. The molecule has 0 aromatic heterocycles. The van der Waals surface area contributed by atoms with Gasteiger partial charge in [-0.15, -0.1) is 0 Å². The number of nitrogens with one attached hydrogen (secondary N) is 1. The monoisotopic (exact) mass is 244 g/mol. The van der Waals surface area contributed by atoms with Gasteiger partial charge in [0.1, 0.15) is 0 Å². The first-order valence-electron chi connectivity index (χ1n) is 6.78. The predicted molar refractivity (Wildman–Crippen MR) is 76.1 cm³/mol. The van der Waals surface area contributed by atoms with Crippen LogP contribution in [0.5, 0.6) is 0 Å². The first kappa shape index (κ1) is 14.7. The molecule has 2 heteroatoms. The highest BCUT2D eigenvalue weighted by molar-refractivity contribution is 5.19. The van der Waals surface area contributed by atoms with Crippen molar-refractivity contribution in [2.75, 3.05) is 6.54 Å². The molecule has 1 unspecified atom stereocenters. The predicted octanol–water partition coefficient (Wildman–Crippen LogP) is 4.06. The van der Waals surface area contributed by atoms with Crippen LogP contribution in [0.3, 0.4) is 0 Å². The average Bonchev–Trinajstić information content (AvgIpc) is 2.40. The highest BCUT2D eigenvalue weighted by atomic mass is 14.9. The van der Waals surface area contributed by atoms with Crippen molar-refractivity contribution < 1.29 is 0 Å². The van der Waals surface area contributed by atoms with Gasteiger partial charge in [-0.2, -0.15) is 5.26 Å². The first-order chi connectivity index (χ1) is 8.59. The van der Waals surface area contributed by atoms with Crippen LogP contribution in [0.25, 0.3) is 0 Å². The van der Waals surface area contributed by atoms with Crippen molar-refractivity contribution >= 4 is 0 Å². The summed E-state index contributed by atoms with van der Waals surface area (Å²) in [7, 11) is 0. The van der Waals surface area contributed by atoms with Gasteiger partial charge in [-0.05, 0) is 25.8 Å². The van der Waals surface area contributed by atoms with Crippen molar-refractivity contribution in [1.29, 1.82) is 5.26 Å². The van der Waals surface area contributed by atoms with E-state index < -0.39 is 0 Å². The third kappa shape index (κ3) is 4.89. The molecule has 1 aromatic carbocycles. The van der Waals surface area contributed by atoms with Crippen molar-refractivity contribution in [3.63, 3.8) is 0 Å². The van der Waals surface area contributed by atoms with Gasteiger partial charge in [-0.3, -0.25) is 0 Å². The van der Waals surface area contributed by atoms with E-state index in [1.165, 1.54) is 18.4 Å². The van der Waals surface area contributed by atoms with Gasteiger partial charge < -0.3 is 5.32 Å². The average molecular weight is 244 g/mol. The van der Waals surface area contributed by atoms with Gasteiger partial charge in [-0.25, -0.2) is 0 Å². The molecule has 0 radical (unpaired) electrons. The summed E-state index contributed by atoms with van der Waals surface area (Å²) in [6.45, 7) is 6.89. The van der Waals surface area contributed by atoms with E-state index in [-0.39, 0.29) is 5.41 Å². The van der Waals surface area contributed by atoms with Gasteiger partial charge >= 0.3 is 0 Å². The van der Waals surface area contributed by atoms with E-state index in [0.29, 0.717) is 6.04 Å². The van der Waals surface area contributed by atoms with Gasteiger partial charge in [0, 0.05) is 12.6 Å². The van der Waals surface area contributed by atoms with E-state index in [1.54, 1.807) is 0 Å². The molecule has 98 valence electrons. The Morgan fingerprint density at radius 2 is 1.94 bits per heavy atom. The molecule has 0 spiro atoms. The van der Waals surface area contributed by atoms with Crippen LogP contribution in [0.1, 0.15) is 51.6 Å². The third-order valence-corrected chi connectivity index (χ3v) is 3.14. The van der Waals surface area contributed by atoms with E-state index in [9.17, 15) is 0 Å². The van der Waals surface area contributed by atoms with Crippen molar-refractivity contribution in [3.8, 4) is 6.07 Å². The summed E-state index contributed by atoms with van der Waals surface area (Å²) >= 11 is 0. The highest BCUT2D eigenvalue weighted by Gasteiger charge is 2.19. The van der Waals surface area contributed by atoms with Crippen LogP contribution in [-0.2, 0) is 0 Å². The molecule has 1 atom stereocenters. The van der Waals surface area contributed by atoms with Crippen LogP contribution in [-0.4, -0.2) is 6.54 Å². The van der Waals surface area contributed by atoms with Crippen molar-refractivity contribution in [1.82, 2.24) is 5.32 Å². The molecule has 0 fully saturated rings. The summed E-state index contributed by atoms with van der Waals surface area (Å²) in [6.07, 6.45) is 3.54. The van der Waals surface area contributed by atoms with E-state index in [0.717, 1.165) is 13.0 Å². The molecular formula is C16H24N2. The lowest BCUT2D eigenvalue weighted by Crippen LogP contribution is -2.31. The van der Waals surface area contributed by atoms with Gasteiger partial charge in [0.05, 0.1) is 11.5 Å². The molecule has 0 aliphatic heterocycles. The van der Waals surface area contributed by atoms with Gasteiger partial charge in [-0.1, -0.05) is 50.1 Å². The van der Waals surface area contributed by atoms with Crippen molar-refractivity contribution in [2.45, 2.75) is 46.1 Å². The molecular weight excluding hydrogens is 220 g/mol. The zero-order chi connectivity index (χ0) is 13.4. The zero-order valence-corrected chi connectivity index (χ0v) is 11.7. The molecule has 0 saturated heterocycles. The minimum absolute atomic E-state index is 0.306. The molecule has 1 N–H and O–H groups in total. The lowest BCUT2D eigenvalue weighted by molar-refractivity contribution is 0.387. The van der Waals surface area contributed by atoms with E-state index >= 15 is 0 Å². The summed E-state index contributed by atoms with van der Waals surface area (Å²) in [5.74, 6) is 0. The Bertz CT molecular complexity index is 376. The van der Waals surface area contributed by atoms with Gasteiger partial charge in [0.25, 0.3) is 0 Å². The molecule has 18 heavy (non-hydrogen) atoms. The summed E-state index contributed by atoms with van der Waals surface area (Å²) < 4.78 is 0. The number of rotatable bonds is 7. The van der Waals surface area contributed by atoms with E-state index in [4.69, 9.17) is 5.26 Å². The van der Waals surface area contributed by atoms with Crippen LogP contribution in [0.2, 0.25) is 0 Å². The molecule has 0 heterocycles. The molecule has 2 nitrogen and oxygen atoms in total. The maximum atomic E-state index is 9.06. The Hall–Kier alpha value is -1.33. The summed E-state index contributed by atoms with van der Waals surface area (Å²) in [4.78, 5) is 0. The van der Waals surface area contributed by atoms with E-state index in [1.807, 2.05) is 19.9 Å². The third-order valence-electron chi connectivity index (χ3n) is 3.14. The van der Waals surface area contributed by atoms with Crippen LogP contribution < -0.4 is 5.32 Å². The molecule has 0 amide bonds. The minimum Gasteiger partial charge on any atom is -0.308 e. The fourth-order valence-electron chi connectivity index (χ4n) is 1.90. The Morgan fingerprint density at radius 3 is 2.50 bits per heavy atom. The largest absolute Gasteiger partial charge is 0.308 e. The highest BCUT2D eigenvalue weighted by Crippen LogP contribution is 2.21. The molecule has 0 aliphatic rings. The number of nitriles is 1. The number of unbranched alkanes of at least 4 members (excludes halogenated alkanes) is 1. The topological polar surface area (TPSA) is 35.8 Å². The Labute approximate surface area is 111 Å². The molecule has 0 aliphatic carbocycles. The Kier molecular flexibility index (Phi) is 5.88. The lowest BCUT2D eigenvalue weighted by atomic mass is 9.94. The number of benzene rings is 1. The van der Waals surface area contributed by atoms with E-state index in [2.05, 4.69) is 42.6 Å². The van der Waals surface area contributed by atoms with Crippen LogP contribution in [0, 0.1) is 16.7 Å². The minimum atomic E-state index is -0.306. The molecule has 1 rings (SSSR count). The quantitative estimate of drug-likeness (QED) is 0.785. The second-order valence-corrected chi connectivity index (χ2v) is 5.48. The maximum Gasteiger partial charge on any atom is 0.0697 e. The zero-order valence-electron chi connectivity index (χ0n) is 11.7. The first-order valence-corrected chi connectivity index (χ1v) is 6.78. The second kappa shape index (κ2) is 7.18. The Balaban J connectivity index is 2.65. The lowest BCUT2D eigenvalue weighted by Gasteiger charge is -2.23. The number of nitrogens with zero attached hydrogens (tertiary/aromatic N) is 1. The van der Waals surface area contributed by atoms with Crippen molar-refractivity contribution in [3.05, 3.63) is 35.9 Å². The van der Waals surface area contributed by atoms with Crippen LogP contribution in [0.15, 0.2) is 30.3 Å². The van der Waals surface area contributed by atoms with Crippen molar-refractivity contribution in [2.24, 2.45) is 5.41 Å². The fraction of sp³-hybridized carbons (Fsp3) is 0.562. The van der Waals surface area contributed by atoms with Gasteiger partial charge in [0.15, 0.2) is 0 Å². The molecule has 1 aromatic rings. The second-order valence-electron chi connectivity index (χ2n) is 5.48. The maximum absolute atomic E-state index is 9.06. The molecule has 0 bridgehead atoms. The fourth-order valence-corrected chi connectivity index (χ4v) is 1.90. The Morgan fingerprint density at radius 1 is 1.28 bits per heavy atom. The smallest absolute Gasteiger partial charge is 0.0697 e. The summed E-state index contributed by atoms with van der Waals surface area (Å²) in [5, 5.41) is 12.6. The molecule has 0 saturated carbocycles. The number of hydrogen-bond acceptors (Lipinski definition) is 2. The van der Waals surface area contributed by atoms with Gasteiger partial charge in [0.2, 0.25) is 0 Å². The summed E-state index contributed by atoms with van der Waals surface area (Å²) in [6, 6.07) is 13.2. The number of hydrogen-bond donors (Lipinski definition) is 1. The normalized spacial score (nSPS) is 13.0.